The summed E-state index contributed by atoms with van der Waals surface area (Å²) in [5.74, 6) is 0. The van der Waals surface area contributed by atoms with E-state index in [1.165, 1.54) is 0 Å². The maximum Gasteiger partial charge on any atom is 0.298 e. The van der Waals surface area contributed by atoms with E-state index in [1.807, 2.05) is 0 Å². The molecule has 0 aromatic carbocycles. The summed E-state index contributed by atoms with van der Waals surface area (Å²) in [7, 11) is -7.69. The average molecular weight is 491 g/mol. The quantitative estimate of drug-likeness (QED) is 0.349. The summed E-state index contributed by atoms with van der Waals surface area (Å²) in [5, 5.41) is 0. The molecule has 0 unspecified atom stereocenters. The van der Waals surface area contributed by atoms with Gasteiger partial charge < -0.3 is 8.43 Å². The highest BCUT2D eigenvalue weighted by Crippen LogP contribution is 2.38. The zero-order valence-corrected chi connectivity index (χ0v) is 28.1. The third-order valence-corrected chi connectivity index (χ3v) is 132. The first-order valence-corrected chi connectivity index (χ1v) is 39.4. The third-order valence-electron chi connectivity index (χ3n) is 5.93. The summed E-state index contributed by atoms with van der Waals surface area (Å²) < 4.78 is 26.6. The average Bonchev–Trinajstić information content (AvgIpc) is 2.39. The number of rotatable bonds is 10. The Labute approximate surface area is 162 Å². The zero-order valence-electron chi connectivity index (χ0n) is 18.2. The Morgan fingerprint density at radius 2 is 0.667 bits per heavy atom. The molecule has 0 aliphatic rings. The molecular weight excluding hydrogens is 448 g/mol. The van der Waals surface area contributed by atoms with Crippen LogP contribution in [-0.2, 0) is 13.0 Å². The highest BCUT2D eigenvalue weighted by atomic mass is 31.1. The summed E-state index contributed by atoms with van der Waals surface area (Å²) in [6.45, 7) is 26.1. The van der Waals surface area contributed by atoms with E-state index in [0.29, 0.717) is 0 Å². The molecule has 0 aliphatic heterocycles. The standard InChI is InChI=1S/C12H43O3PSi8/c1-17(2)23(18(3)4,19(5)6)14-16(13)15-24(20(7)8,21(9)10)22(11)12/h16-22H,1-12H3. The highest BCUT2D eigenvalue weighted by molar-refractivity contribution is 7.81. The van der Waals surface area contributed by atoms with Crippen molar-refractivity contribution in [2.24, 2.45) is 0 Å². The molecule has 0 aromatic rings. The van der Waals surface area contributed by atoms with E-state index in [4.69, 9.17) is 8.43 Å². The van der Waals surface area contributed by atoms with E-state index in [1.54, 1.807) is 0 Å². The van der Waals surface area contributed by atoms with Gasteiger partial charge in [0.1, 0.15) is 0 Å². The molecule has 0 radical (unpaired) electrons. The van der Waals surface area contributed by atoms with Gasteiger partial charge in [-0.25, -0.2) is 0 Å². The van der Waals surface area contributed by atoms with Gasteiger partial charge in [-0.05, 0) is 0 Å². The van der Waals surface area contributed by atoms with E-state index < -0.39 is 71.9 Å². The SMILES string of the molecule is C[SiH](C)[Si](O[PH](=O)O[Si]([SiH](C)C)([SiH](C)C)[SiH](C)C)([SiH](C)C)[SiH](C)C. The lowest BCUT2D eigenvalue weighted by molar-refractivity contribution is 0.431. The molecule has 0 saturated carbocycles. The maximum absolute atomic E-state index is 13.2. The van der Waals surface area contributed by atoms with Gasteiger partial charge in [0.2, 0.25) is 0 Å². The lowest BCUT2D eigenvalue weighted by Crippen LogP contribution is -2.70. The Hall–Kier alpha value is 1.89. The van der Waals surface area contributed by atoms with E-state index in [9.17, 15) is 4.57 Å². The van der Waals surface area contributed by atoms with Crippen molar-refractivity contribution < 1.29 is 13.0 Å². The van der Waals surface area contributed by atoms with Gasteiger partial charge in [-0.2, -0.15) is 0 Å². The van der Waals surface area contributed by atoms with Gasteiger partial charge >= 0.3 is 0 Å². The molecule has 24 heavy (non-hydrogen) atoms. The fourth-order valence-electron chi connectivity index (χ4n) is 5.02. The second-order valence-corrected chi connectivity index (χ2v) is 77.5. The summed E-state index contributed by atoms with van der Waals surface area (Å²) in [4.78, 5) is 0. The van der Waals surface area contributed by atoms with Crippen molar-refractivity contribution in [1.82, 2.24) is 0 Å². The van der Waals surface area contributed by atoms with Gasteiger partial charge in [0.15, 0.2) is 13.7 Å². The van der Waals surface area contributed by atoms with E-state index in [-0.39, 0.29) is 0 Å². The first kappa shape index (κ1) is 25.9. The van der Waals surface area contributed by atoms with E-state index in [0.717, 1.165) is 0 Å². The molecule has 0 aliphatic carbocycles. The summed E-state index contributed by atoms with van der Waals surface area (Å²) in [6.07, 6.45) is 0. The molecule has 0 heterocycles. The number of hydrogen-bond donors (Lipinski definition) is 0. The van der Waals surface area contributed by atoms with Crippen molar-refractivity contribution in [2.45, 2.75) is 78.6 Å². The fourth-order valence-corrected chi connectivity index (χ4v) is 135. The fraction of sp³-hybridized carbons (Fsp3) is 1.00. The van der Waals surface area contributed by atoms with Crippen molar-refractivity contribution in [3.8, 4) is 0 Å². The number of hydrogen-bond acceptors (Lipinski definition) is 3. The van der Waals surface area contributed by atoms with Gasteiger partial charge in [0.05, 0.1) is 49.9 Å². The first-order chi connectivity index (χ1) is 10.8. The van der Waals surface area contributed by atoms with Gasteiger partial charge in [-0.1, -0.05) is 78.6 Å². The molecule has 0 atom stereocenters. The molecule has 0 aromatic heterocycles. The van der Waals surface area contributed by atoms with E-state index in [2.05, 4.69) is 78.6 Å². The predicted molar refractivity (Wildman–Crippen MR) is 136 cm³/mol. The normalized spacial score (nSPS) is 14.5. The molecule has 0 bridgehead atoms. The van der Waals surface area contributed by atoms with Crippen LogP contribution in [0.1, 0.15) is 0 Å². The molecule has 12 heteroatoms. The molecule has 0 amide bonds. The summed E-state index contributed by atoms with van der Waals surface area (Å²) in [6, 6.07) is 0. The summed E-state index contributed by atoms with van der Waals surface area (Å²) in [5.41, 5.74) is 0. The van der Waals surface area contributed by atoms with E-state index >= 15 is 0 Å². The minimum Gasteiger partial charge on any atom is -0.364 e. The van der Waals surface area contributed by atoms with Crippen molar-refractivity contribution >= 4 is 71.9 Å². The smallest absolute Gasteiger partial charge is 0.298 e. The Balaban J connectivity index is 5.69. The van der Waals surface area contributed by atoms with Gasteiger partial charge in [-0.15, -0.1) is 0 Å². The summed E-state index contributed by atoms with van der Waals surface area (Å²) >= 11 is 0. The third kappa shape index (κ3) is 5.46. The lowest BCUT2D eigenvalue weighted by atomic mass is 11.9. The van der Waals surface area contributed by atoms with Gasteiger partial charge in [0, 0.05) is 0 Å². The van der Waals surface area contributed by atoms with Crippen LogP contribution in [0, 0.1) is 0 Å². The first-order valence-electron chi connectivity index (χ1n) is 9.68. The maximum atomic E-state index is 13.2. The van der Waals surface area contributed by atoms with Crippen LogP contribution in [-0.4, -0.2) is 63.6 Å². The molecule has 3 nitrogen and oxygen atoms in total. The van der Waals surface area contributed by atoms with Gasteiger partial charge in [-0.3, -0.25) is 4.57 Å². The zero-order chi connectivity index (χ0) is 19.5. The molecule has 0 spiro atoms. The Bertz CT molecular complexity index is 338. The molecule has 146 valence electrons. The van der Waals surface area contributed by atoms with Crippen molar-refractivity contribution in [1.29, 1.82) is 0 Å². The Morgan fingerprint density at radius 3 is 0.792 bits per heavy atom. The predicted octanol–water partition coefficient (Wildman–Crippen LogP) is 2.69. The second-order valence-electron chi connectivity index (χ2n) is 9.09. The minimum absolute atomic E-state index is 0.900. The monoisotopic (exact) mass is 490 g/mol. The van der Waals surface area contributed by atoms with Crippen LogP contribution >= 0.6 is 8.25 Å². The molecular formula is C12H43O3PSi8. The largest absolute Gasteiger partial charge is 0.364 e. The molecule has 0 N–H and O–H groups in total. The van der Waals surface area contributed by atoms with Gasteiger partial charge in [0.25, 0.3) is 8.25 Å². The van der Waals surface area contributed by atoms with Crippen molar-refractivity contribution in [2.75, 3.05) is 0 Å². The van der Waals surface area contributed by atoms with Crippen LogP contribution in [0.3, 0.4) is 0 Å². The van der Waals surface area contributed by atoms with Crippen LogP contribution in [0.5, 0.6) is 0 Å². The van der Waals surface area contributed by atoms with Crippen LogP contribution in [0.4, 0.5) is 0 Å². The van der Waals surface area contributed by atoms with Crippen molar-refractivity contribution in [3.05, 3.63) is 0 Å². The van der Waals surface area contributed by atoms with Crippen molar-refractivity contribution in [3.63, 3.8) is 0 Å². The highest BCUT2D eigenvalue weighted by Gasteiger charge is 2.51. The van der Waals surface area contributed by atoms with Crippen LogP contribution in [0.15, 0.2) is 0 Å². The van der Waals surface area contributed by atoms with Crippen LogP contribution < -0.4 is 0 Å². The molecule has 0 rings (SSSR count). The lowest BCUT2D eigenvalue weighted by Gasteiger charge is -2.44. The minimum atomic E-state index is -2.29. The second kappa shape index (κ2) is 10.4. The molecule has 0 saturated heterocycles. The molecule has 0 fully saturated rings. The Kier molecular flexibility index (Phi) is 11.3. The van der Waals surface area contributed by atoms with Crippen LogP contribution in [0.2, 0.25) is 78.6 Å². The topological polar surface area (TPSA) is 35.5 Å². The Morgan fingerprint density at radius 1 is 0.500 bits per heavy atom. The van der Waals surface area contributed by atoms with Crippen LogP contribution in [0.25, 0.3) is 0 Å².